The molecule has 1 aliphatic heterocycles. The average molecular weight is 570 g/mol. The summed E-state index contributed by atoms with van der Waals surface area (Å²) < 4.78 is 5.90. The number of phenolic OH excluding ortho intramolecular Hbond substituents is 1. The first kappa shape index (κ1) is 29.1. The standard InChI is InChI=1S/C30H39N3O8/c1-13(2)12-33-8-6-7-18(33)15-11-19(34)21-16(26(15)41-5)9-14-10-17-23(32(3)4)25(36)22(29(31)39)28(38)30(17,40)27(37)20(14)24(21)35/h11,13-14,17-18,23,34,36-37,40H,6-10,12H2,1-5H3,(H2,31,39)/t14-,17-,18?,23-,30-/m0/s1. The van der Waals surface area contributed by atoms with Crippen molar-refractivity contribution in [1.82, 2.24) is 9.80 Å². The number of likely N-dealkylation sites (tertiary alicyclic amines) is 1. The summed E-state index contributed by atoms with van der Waals surface area (Å²) in [5.41, 5.74) is 2.99. The highest BCUT2D eigenvalue weighted by Crippen LogP contribution is 2.54. The van der Waals surface area contributed by atoms with Crippen LogP contribution in [0.2, 0.25) is 0 Å². The van der Waals surface area contributed by atoms with Crippen molar-refractivity contribution in [2.45, 2.75) is 57.2 Å². The van der Waals surface area contributed by atoms with Gasteiger partial charge in [0, 0.05) is 35.2 Å². The molecule has 0 bridgehead atoms. The first-order valence-electron chi connectivity index (χ1n) is 14.1. The average Bonchev–Trinajstić information content (AvgIpc) is 3.32. The lowest BCUT2D eigenvalue weighted by Crippen LogP contribution is -2.63. The molecule has 4 aliphatic rings. The molecule has 5 rings (SSSR count). The summed E-state index contributed by atoms with van der Waals surface area (Å²) in [5, 5.41) is 45.4. The summed E-state index contributed by atoms with van der Waals surface area (Å²) in [7, 11) is 4.73. The number of hydrogen-bond donors (Lipinski definition) is 5. The van der Waals surface area contributed by atoms with Gasteiger partial charge in [0.25, 0.3) is 5.91 Å². The smallest absolute Gasteiger partial charge is 0.255 e. The molecule has 0 aromatic heterocycles. The summed E-state index contributed by atoms with van der Waals surface area (Å²) in [4.78, 5) is 43.5. The maximum Gasteiger partial charge on any atom is 0.255 e. The molecule has 0 spiro atoms. The van der Waals surface area contributed by atoms with Crippen LogP contribution < -0.4 is 10.5 Å². The van der Waals surface area contributed by atoms with Gasteiger partial charge in [0.2, 0.25) is 5.78 Å². The molecule has 11 heteroatoms. The number of ketones is 2. The number of rotatable bonds is 6. The van der Waals surface area contributed by atoms with Crippen molar-refractivity contribution in [3.8, 4) is 11.5 Å². The van der Waals surface area contributed by atoms with Crippen LogP contribution in [0.3, 0.4) is 0 Å². The van der Waals surface area contributed by atoms with E-state index in [4.69, 9.17) is 10.5 Å². The Morgan fingerprint density at radius 2 is 1.93 bits per heavy atom. The maximum atomic E-state index is 14.0. The third kappa shape index (κ3) is 4.16. The second-order valence-corrected chi connectivity index (χ2v) is 12.4. The second-order valence-electron chi connectivity index (χ2n) is 12.4. The minimum atomic E-state index is -2.66. The molecule has 11 nitrogen and oxygen atoms in total. The van der Waals surface area contributed by atoms with Gasteiger partial charge in [-0.2, -0.15) is 0 Å². The monoisotopic (exact) mass is 569 g/mol. The van der Waals surface area contributed by atoms with Gasteiger partial charge in [-0.05, 0) is 64.2 Å². The Bertz CT molecular complexity index is 1400. The number of likely N-dealkylation sites (N-methyl/N-ethyl adjacent to an activating group) is 1. The number of aliphatic hydroxyl groups excluding tert-OH is 2. The van der Waals surface area contributed by atoms with E-state index in [2.05, 4.69) is 18.7 Å². The minimum Gasteiger partial charge on any atom is -0.510 e. The van der Waals surface area contributed by atoms with Gasteiger partial charge in [-0.1, -0.05) is 13.8 Å². The molecule has 1 aromatic rings. The number of aliphatic hydroxyl groups is 3. The highest BCUT2D eigenvalue weighted by atomic mass is 16.5. The molecule has 1 saturated heterocycles. The number of carbonyl (C=O) groups is 3. The van der Waals surface area contributed by atoms with Crippen LogP contribution in [-0.2, 0) is 16.0 Å². The van der Waals surface area contributed by atoms with Gasteiger partial charge >= 0.3 is 0 Å². The molecule has 1 unspecified atom stereocenters. The van der Waals surface area contributed by atoms with Crippen molar-refractivity contribution in [3.63, 3.8) is 0 Å². The predicted octanol–water partition coefficient (Wildman–Crippen LogP) is 1.92. The number of benzene rings is 1. The predicted molar refractivity (Wildman–Crippen MR) is 149 cm³/mol. The van der Waals surface area contributed by atoms with Crippen LogP contribution in [-0.4, -0.2) is 93.6 Å². The first-order valence-corrected chi connectivity index (χ1v) is 14.1. The molecule has 1 amide bonds. The molecule has 3 aliphatic carbocycles. The fourth-order valence-electron chi connectivity index (χ4n) is 7.68. The van der Waals surface area contributed by atoms with Gasteiger partial charge in [0.15, 0.2) is 11.4 Å². The van der Waals surface area contributed by atoms with E-state index in [1.165, 1.54) is 12.0 Å². The molecule has 1 fully saturated rings. The Morgan fingerprint density at radius 3 is 2.51 bits per heavy atom. The van der Waals surface area contributed by atoms with Crippen molar-refractivity contribution in [2.75, 3.05) is 34.3 Å². The van der Waals surface area contributed by atoms with Crippen molar-refractivity contribution < 1.29 is 39.5 Å². The number of amides is 1. The lowest BCUT2D eigenvalue weighted by Gasteiger charge is -2.50. The summed E-state index contributed by atoms with van der Waals surface area (Å²) in [6.07, 6.45) is 2.09. The molecule has 1 heterocycles. The van der Waals surface area contributed by atoms with Gasteiger partial charge in [-0.25, -0.2) is 0 Å². The molecule has 222 valence electrons. The third-order valence-electron chi connectivity index (χ3n) is 9.23. The van der Waals surface area contributed by atoms with Crippen molar-refractivity contribution in [1.29, 1.82) is 0 Å². The molecule has 1 aromatic carbocycles. The normalized spacial score (nSPS) is 30.1. The van der Waals surface area contributed by atoms with Crippen LogP contribution in [0.5, 0.6) is 11.5 Å². The number of nitrogens with zero attached hydrogens (tertiary/aromatic N) is 2. The van der Waals surface area contributed by atoms with E-state index in [0.29, 0.717) is 17.2 Å². The number of fused-ring (bicyclic) bond motifs is 3. The van der Waals surface area contributed by atoms with Crippen LogP contribution in [0.15, 0.2) is 28.7 Å². The SMILES string of the molecule is COc1c(C2CCCN2CC(C)C)cc(O)c2c1C[C@H]1C[C@H]3[C@H](N(C)C)C(O)=C(C(N)=O)C(=O)[C@@]3(O)C(O)=C1C2=O. The zero-order valence-electron chi connectivity index (χ0n) is 24.1. The quantitative estimate of drug-likeness (QED) is 0.319. The Kier molecular flexibility index (Phi) is 7.20. The fraction of sp³-hybridized carbons (Fsp3) is 0.567. The maximum absolute atomic E-state index is 14.0. The summed E-state index contributed by atoms with van der Waals surface area (Å²) in [6, 6.07) is 0.519. The molecule has 0 saturated carbocycles. The zero-order valence-corrected chi connectivity index (χ0v) is 24.1. The van der Waals surface area contributed by atoms with Crippen molar-refractivity contribution >= 4 is 17.5 Å². The fourth-order valence-corrected chi connectivity index (χ4v) is 7.68. The van der Waals surface area contributed by atoms with E-state index in [0.717, 1.165) is 31.5 Å². The number of carbonyl (C=O) groups excluding carboxylic acids is 3. The number of Topliss-reactive ketones (excluding diaryl/α,β-unsaturated/α-hetero) is 2. The molecule has 41 heavy (non-hydrogen) atoms. The van der Waals surface area contributed by atoms with Crippen molar-refractivity contribution in [2.24, 2.45) is 23.5 Å². The second kappa shape index (κ2) is 10.1. The Morgan fingerprint density at radius 1 is 1.24 bits per heavy atom. The summed E-state index contributed by atoms with van der Waals surface area (Å²) >= 11 is 0. The van der Waals surface area contributed by atoms with Crippen molar-refractivity contribution in [3.05, 3.63) is 45.4 Å². The zero-order chi connectivity index (χ0) is 30.1. The van der Waals surface area contributed by atoms with E-state index >= 15 is 0 Å². The minimum absolute atomic E-state index is 0.00355. The Balaban J connectivity index is 1.67. The van der Waals surface area contributed by atoms with E-state index in [9.17, 15) is 34.8 Å². The first-order chi connectivity index (χ1) is 19.2. The number of nitrogens with two attached hydrogens (primary N) is 1. The number of phenols is 1. The van der Waals surface area contributed by atoms with Crippen LogP contribution in [0.25, 0.3) is 0 Å². The molecule has 5 atom stereocenters. The largest absolute Gasteiger partial charge is 0.510 e. The lowest BCUT2D eigenvalue weighted by atomic mass is 9.58. The number of hydrogen-bond acceptors (Lipinski definition) is 10. The number of ether oxygens (including phenoxy) is 1. The number of aromatic hydroxyl groups is 1. The van der Waals surface area contributed by atoms with Gasteiger partial charge in [0.1, 0.15) is 28.6 Å². The van der Waals surface area contributed by atoms with E-state index in [1.54, 1.807) is 20.2 Å². The molecular weight excluding hydrogens is 530 g/mol. The highest BCUT2D eigenvalue weighted by Gasteiger charge is 2.63. The lowest BCUT2D eigenvalue weighted by molar-refractivity contribution is -0.148. The summed E-state index contributed by atoms with van der Waals surface area (Å²) in [6.45, 7) is 6.09. The van der Waals surface area contributed by atoms with Crippen LogP contribution in [0.4, 0.5) is 0 Å². The topological polar surface area (TPSA) is 174 Å². The number of methoxy groups -OCH3 is 1. The molecular formula is C30H39N3O8. The van der Waals surface area contributed by atoms with Gasteiger partial charge in [0.05, 0.1) is 18.7 Å². The van der Waals surface area contributed by atoms with E-state index in [-0.39, 0.29) is 35.8 Å². The highest BCUT2D eigenvalue weighted by molar-refractivity contribution is 6.24. The summed E-state index contributed by atoms with van der Waals surface area (Å²) in [5.74, 6) is -5.74. The Labute approximate surface area is 238 Å². The van der Waals surface area contributed by atoms with Gasteiger partial charge in [-0.15, -0.1) is 0 Å². The van der Waals surface area contributed by atoms with E-state index < -0.39 is 58.0 Å². The van der Waals surface area contributed by atoms with Crippen LogP contribution in [0, 0.1) is 17.8 Å². The van der Waals surface area contributed by atoms with Gasteiger partial charge < -0.3 is 30.9 Å². The number of primary amides is 1. The molecule has 0 radical (unpaired) electrons. The third-order valence-corrected chi connectivity index (χ3v) is 9.23. The van der Waals surface area contributed by atoms with Gasteiger partial charge in [-0.3, -0.25) is 24.2 Å². The van der Waals surface area contributed by atoms with E-state index in [1.807, 2.05) is 0 Å². The Hall–Kier alpha value is -3.41. The molecule has 6 N–H and O–H groups in total. The number of allylic oxidation sites excluding steroid dienone is 1. The van der Waals surface area contributed by atoms with Crippen LogP contribution >= 0.6 is 0 Å². The van der Waals surface area contributed by atoms with Crippen LogP contribution in [0.1, 0.15) is 60.6 Å².